The van der Waals surface area contributed by atoms with Crippen LogP contribution in [-0.4, -0.2) is 17.4 Å². The van der Waals surface area contributed by atoms with Gasteiger partial charge in [0.1, 0.15) is 0 Å². The van der Waals surface area contributed by atoms with Crippen LogP contribution in [0.3, 0.4) is 0 Å². The molecule has 2 nitrogen and oxygen atoms in total. The van der Waals surface area contributed by atoms with E-state index in [1.165, 1.54) is 16.7 Å². The molecule has 0 spiro atoms. The van der Waals surface area contributed by atoms with Crippen molar-refractivity contribution < 1.29 is 4.79 Å². The van der Waals surface area contributed by atoms with E-state index in [0.717, 1.165) is 25.8 Å². The fourth-order valence-electron chi connectivity index (χ4n) is 3.92. The van der Waals surface area contributed by atoms with Gasteiger partial charge in [0.15, 0.2) is 0 Å². The van der Waals surface area contributed by atoms with Gasteiger partial charge in [-0.15, -0.1) is 0 Å². The standard InChI is InChI=1S/C22H27NO/c1-4-22(16-20-13-9-8-10-17(20)2)14-15-23(21(22)24)18(3)19-11-6-5-7-12-19/h5-13,18H,4,14-16H2,1-3H3/t18-,22+/m0/s1. The van der Waals surface area contributed by atoms with Gasteiger partial charge in [0.05, 0.1) is 11.5 Å². The molecule has 0 saturated carbocycles. The van der Waals surface area contributed by atoms with Crippen LogP contribution in [0.5, 0.6) is 0 Å². The van der Waals surface area contributed by atoms with Crippen molar-refractivity contribution in [3.63, 3.8) is 0 Å². The molecule has 126 valence electrons. The molecule has 1 saturated heterocycles. The second kappa shape index (κ2) is 6.80. The highest BCUT2D eigenvalue weighted by Crippen LogP contribution is 2.42. The van der Waals surface area contributed by atoms with Crippen LogP contribution in [0.4, 0.5) is 0 Å². The molecule has 0 bridgehead atoms. The van der Waals surface area contributed by atoms with E-state index in [0.29, 0.717) is 5.91 Å². The number of nitrogens with zero attached hydrogens (tertiary/aromatic N) is 1. The van der Waals surface area contributed by atoms with Crippen LogP contribution in [0, 0.1) is 12.3 Å². The van der Waals surface area contributed by atoms with E-state index < -0.39 is 0 Å². The first-order valence-corrected chi connectivity index (χ1v) is 8.98. The van der Waals surface area contributed by atoms with Crippen molar-refractivity contribution in [2.75, 3.05) is 6.54 Å². The van der Waals surface area contributed by atoms with Crippen molar-refractivity contribution in [1.82, 2.24) is 4.90 Å². The Labute approximate surface area is 145 Å². The topological polar surface area (TPSA) is 20.3 Å². The number of benzene rings is 2. The third-order valence-corrected chi connectivity index (χ3v) is 5.76. The van der Waals surface area contributed by atoms with E-state index in [2.05, 4.69) is 62.1 Å². The third-order valence-electron chi connectivity index (χ3n) is 5.76. The van der Waals surface area contributed by atoms with Gasteiger partial charge in [-0.1, -0.05) is 61.5 Å². The number of hydrogen-bond acceptors (Lipinski definition) is 1. The number of carbonyl (C=O) groups is 1. The molecule has 2 heteroatoms. The van der Waals surface area contributed by atoms with Crippen molar-refractivity contribution in [1.29, 1.82) is 0 Å². The van der Waals surface area contributed by atoms with Gasteiger partial charge < -0.3 is 4.90 Å². The van der Waals surface area contributed by atoms with Crippen LogP contribution in [0.1, 0.15) is 49.4 Å². The lowest BCUT2D eigenvalue weighted by molar-refractivity contribution is -0.138. The zero-order chi connectivity index (χ0) is 17.2. The monoisotopic (exact) mass is 321 g/mol. The van der Waals surface area contributed by atoms with Gasteiger partial charge in [-0.2, -0.15) is 0 Å². The zero-order valence-electron chi connectivity index (χ0n) is 15.0. The molecule has 24 heavy (non-hydrogen) atoms. The Hall–Kier alpha value is -2.09. The molecule has 1 heterocycles. The quantitative estimate of drug-likeness (QED) is 0.765. The van der Waals surface area contributed by atoms with E-state index in [-0.39, 0.29) is 11.5 Å². The van der Waals surface area contributed by atoms with E-state index in [9.17, 15) is 4.79 Å². The minimum absolute atomic E-state index is 0.143. The van der Waals surface area contributed by atoms with Crippen LogP contribution < -0.4 is 0 Å². The molecular weight excluding hydrogens is 294 g/mol. The molecule has 3 rings (SSSR count). The average Bonchev–Trinajstić information content (AvgIpc) is 2.94. The van der Waals surface area contributed by atoms with E-state index in [1.807, 2.05) is 18.2 Å². The van der Waals surface area contributed by atoms with Crippen LogP contribution >= 0.6 is 0 Å². The Balaban J connectivity index is 1.84. The molecule has 1 fully saturated rings. The van der Waals surface area contributed by atoms with Gasteiger partial charge in [-0.25, -0.2) is 0 Å². The first-order valence-electron chi connectivity index (χ1n) is 8.98. The Morgan fingerprint density at radius 2 is 1.75 bits per heavy atom. The maximum absolute atomic E-state index is 13.3. The van der Waals surface area contributed by atoms with Crippen molar-refractivity contribution in [2.45, 2.75) is 46.1 Å². The predicted octanol–water partition coefficient (Wildman–Crippen LogP) is 4.93. The molecule has 0 radical (unpaired) electrons. The largest absolute Gasteiger partial charge is 0.335 e. The molecule has 1 amide bonds. The number of likely N-dealkylation sites (tertiary alicyclic amines) is 1. The SMILES string of the molecule is CC[C@]1(Cc2ccccc2C)CCN([C@@H](C)c2ccccc2)C1=O. The fraction of sp³-hybridized carbons (Fsp3) is 0.409. The third kappa shape index (κ3) is 2.98. The number of carbonyl (C=O) groups excluding carboxylic acids is 1. The normalized spacial score (nSPS) is 22.0. The van der Waals surface area contributed by atoms with Gasteiger partial charge in [-0.05, 0) is 49.8 Å². The Kier molecular flexibility index (Phi) is 4.75. The van der Waals surface area contributed by atoms with Crippen LogP contribution in [0.15, 0.2) is 54.6 Å². The molecular formula is C22H27NO. The number of amides is 1. The Morgan fingerprint density at radius 1 is 1.08 bits per heavy atom. The summed E-state index contributed by atoms with van der Waals surface area (Å²) in [5, 5.41) is 0. The van der Waals surface area contributed by atoms with Crippen molar-refractivity contribution in [3.8, 4) is 0 Å². The van der Waals surface area contributed by atoms with E-state index in [1.54, 1.807) is 0 Å². The molecule has 2 aromatic rings. The molecule has 2 atom stereocenters. The molecule has 1 aliphatic rings. The first kappa shape index (κ1) is 16.8. The summed E-state index contributed by atoms with van der Waals surface area (Å²) in [7, 11) is 0. The zero-order valence-corrected chi connectivity index (χ0v) is 15.0. The van der Waals surface area contributed by atoms with E-state index in [4.69, 9.17) is 0 Å². The average molecular weight is 321 g/mol. The molecule has 0 aromatic heterocycles. The highest BCUT2D eigenvalue weighted by molar-refractivity contribution is 5.85. The van der Waals surface area contributed by atoms with Crippen LogP contribution in [-0.2, 0) is 11.2 Å². The Bertz CT molecular complexity index is 709. The maximum atomic E-state index is 13.3. The second-order valence-corrected chi connectivity index (χ2v) is 7.07. The van der Waals surface area contributed by atoms with Crippen LogP contribution in [0.2, 0.25) is 0 Å². The summed E-state index contributed by atoms with van der Waals surface area (Å²) in [6.45, 7) is 7.30. The number of aryl methyl sites for hydroxylation is 1. The summed E-state index contributed by atoms with van der Waals surface area (Å²) in [6, 6.07) is 19.0. The van der Waals surface area contributed by atoms with Gasteiger partial charge in [-0.3, -0.25) is 4.79 Å². The maximum Gasteiger partial charge on any atom is 0.229 e. The summed E-state index contributed by atoms with van der Waals surface area (Å²) < 4.78 is 0. The lowest BCUT2D eigenvalue weighted by atomic mass is 9.77. The summed E-state index contributed by atoms with van der Waals surface area (Å²) in [5.41, 5.74) is 3.57. The molecule has 2 aromatic carbocycles. The van der Waals surface area contributed by atoms with Gasteiger partial charge in [0.2, 0.25) is 5.91 Å². The van der Waals surface area contributed by atoms with Crippen molar-refractivity contribution >= 4 is 5.91 Å². The summed E-state index contributed by atoms with van der Waals surface area (Å²) in [6.07, 6.45) is 2.71. The van der Waals surface area contributed by atoms with Crippen molar-refractivity contribution in [2.24, 2.45) is 5.41 Å². The van der Waals surface area contributed by atoms with Gasteiger partial charge in [0, 0.05) is 6.54 Å². The highest BCUT2D eigenvalue weighted by atomic mass is 16.2. The van der Waals surface area contributed by atoms with Gasteiger partial charge >= 0.3 is 0 Å². The van der Waals surface area contributed by atoms with E-state index >= 15 is 0 Å². The number of hydrogen-bond donors (Lipinski definition) is 0. The lowest BCUT2D eigenvalue weighted by Gasteiger charge is -2.30. The predicted molar refractivity (Wildman–Crippen MR) is 98.8 cm³/mol. The van der Waals surface area contributed by atoms with Gasteiger partial charge in [0.25, 0.3) is 0 Å². The fourth-order valence-corrected chi connectivity index (χ4v) is 3.92. The summed E-state index contributed by atoms with van der Waals surface area (Å²) in [5.74, 6) is 0.324. The Morgan fingerprint density at radius 3 is 2.42 bits per heavy atom. The number of rotatable bonds is 5. The summed E-state index contributed by atoms with van der Waals surface area (Å²) >= 11 is 0. The minimum Gasteiger partial charge on any atom is -0.335 e. The molecule has 0 aliphatic carbocycles. The highest BCUT2D eigenvalue weighted by Gasteiger charge is 2.46. The first-order chi connectivity index (χ1) is 11.6. The molecule has 1 aliphatic heterocycles. The minimum atomic E-state index is -0.241. The second-order valence-electron chi connectivity index (χ2n) is 7.07. The van der Waals surface area contributed by atoms with Crippen molar-refractivity contribution in [3.05, 3.63) is 71.3 Å². The smallest absolute Gasteiger partial charge is 0.229 e. The molecule has 0 N–H and O–H groups in total. The van der Waals surface area contributed by atoms with Crippen LogP contribution in [0.25, 0.3) is 0 Å². The summed E-state index contributed by atoms with van der Waals surface area (Å²) in [4.78, 5) is 15.4. The molecule has 0 unspecified atom stereocenters. The lowest BCUT2D eigenvalue weighted by Crippen LogP contribution is -2.37.